The molecule has 0 unspecified atom stereocenters. The monoisotopic (exact) mass is 240 g/mol. The second-order valence-electron chi connectivity index (χ2n) is 3.52. The van der Waals surface area contributed by atoms with Crippen molar-refractivity contribution in [3.8, 4) is 0 Å². The van der Waals surface area contributed by atoms with E-state index in [1.54, 1.807) is 30.3 Å². The zero-order valence-electron chi connectivity index (χ0n) is 9.51. The van der Waals surface area contributed by atoms with Crippen molar-refractivity contribution in [2.24, 2.45) is 0 Å². The van der Waals surface area contributed by atoms with Gasteiger partial charge < -0.3 is 4.18 Å². The quantitative estimate of drug-likeness (QED) is 0.587. The minimum atomic E-state index is -3.64. The molecule has 0 heterocycles. The average molecular weight is 240 g/mol. The van der Waals surface area contributed by atoms with Crippen LogP contribution >= 0.6 is 0 Å². The molecule has 0 saturated heterocycles. The van der Waals surface area contributed by atoms with E-state index in [1.807, 2.05) is 13.8 Å². The van der Waals surface area contributed by atoms with E-state index in [9.17, 15) is 8.42 Å². The zero-order chi connectivity index (χ0) is 12.0. The summed E-state index contributed by atoms with van der Waals surface area (Å²) in [5.74, 6) is 0. The number of aryl methyl sites for hydroxylation is 1. The van der Waals surface area contributed by atoms with Crippen LogP contribution in [0.15, 0.2) is 41.5 Å². The molecule has 3 nitrogen and oxygen atoms in total. The van der Waals surface area contributed by atoms with E-state index in [4.69, 9.17) is 4.18 Å². The van der Waals surface area contributed by atoms with E-state index in [0.29, 0.717) is 0 Å². The highest BCUT2D eigenvalue weighted by Crippen LogP contribution is 2.13. The molecule has 1 aromatic rings. The molecule has 1 rings (SSSR count). The molecular weight excluding hydrogens is 224 g/mol. The third kappa shape index (κ3) is 3.70. The van der Waals surface area contributed by atoms with Crippen molar-refractivity contribution >= 4 is 10.1 Å². The van der Waals surface area contributed by atoms with Gasteiger partial charge in [-0.25, -0.2) is 0 Å². The standard InChI is InChI=1S/C12H16O3S/c1-3-4-5-10-15-16(13,14)12-8-6-11(2)7-9-12/h5-10H,3-4H2,1-2H3/b10-5+. The first-order valence-electron chi connectivity index (χ1n) is 5.21. The van der Waals surface area contributed by atoms with E-state index in [1.165, 1.54) is 6.26 Å². The van der Waals surface area contributed by atoms with Gasteiger partial charge in [0.15, 0.2) is 0 Å². The maximum absolute atomic E-state index is 11.6. The van der Waals surface area contributed by atoms with Crippen LogP contribution in [0, 0.1) is 6.92 Å². The second kappa shape index (κ2) is 5.70. The zero-order valence-corrected chi connectivity index (χ0v) is 10.3. The van der Waals surface area contributed by atoms with Crippen molar-refractivity contribution in [1.29, 1.82) is 0 Å². The summed E-state index contributed by atoms with van der Waals surface area (Å²) in [5, 5.41) is 0. The smallest absolute Gasteiger partial charge is 0.338 e. The molecule has 0 amide bonds. The fourth-order valence-corrected chi connectivity index (χ4v) is 1.91. The highest BCUT2D eigenvalue weighted by atomic mass is 32.2. The van der Waals surface area contributed by atoms with Gasteiger partial charge in [-0.3, -0.25) is 0 Å². The van der Waals surface area contributed by atoms with E-state index in [0.717, 1.165) is 18.4 Å². The van der Waals surface area contributed by atoms with Gasteiger partial charge in [0.2, 0.25) is 0 Å². The lowest BCUT2D eigenvalue weighted by atomic mass is 10.2. The van der Waals surface area contributed by atoms with Gasteiger partial charge in [-0.2, -0.15) is 8.42 Å². The van der Waals surface area contributed by atoms with Gasteiger partial charge in [0, 0.05) is 0 Å². The number of hydrogen-bond donors (Lipinski definition) is 0. The van der Waals surface area contributed by atoms with Crippen molar-refractivity contribution < 1.29 is 12.6 Å². The molecule has 0 radical (unpaired) electrons. The van der Waals surface area contributed by atoms with Crippen molar-refractivity contribution in [2.45, 2.75) is 31.6 Å². The fraction of sp³-hybridized carbons (Fsp3) is 0.333. The Morgan fingerprint density at radius 3 is 2.44 bits per heavy atom. The highest BCUT2D eigenvalue weighted by molar-refractivity contribution is 7.86. The molecule has 0 spiro atoms. The first kappa shape index (κ1) is 12.8. The summed E-state index contributed by atoms with van der Waals surface area (Å²) in [6.07, 6.45) is 4.71. The van der Waals surface area contributed by atoms with Crippen molar-refractivity contribution in [3.05, 3.63) is 42.2 Å². The molecule has 0 aliphatic heterocycles. The molecule has 0 saturated carbocycles. The van der Waals surface area contributed by atoms with Gasteiger partial charge in [-0.1, -0.05) is 31.0 Å². The summed E-state index contributed by atoms with van der Waals surface area (Å²) >= 11 is 0. The van der Waals surface area contributed by atoms with Crippen LogP contribution < -0.4 is 0 Å². The lowest BCUT2D eigenvalue weighted by Crippen LogP contribution is -2.01. The summed E-state index contributed by atoms with van der Waals surface area (Å²) in [4.78, 5) is 0.180. The van der Waals surface area contributed by atoms with Crippen LogP contribution in [0.4, 0.5) is 0 Å². The van der Waals surface area contributed by atoms with Gasteiger partial charge in [0.05, 0.1) is 0 Å². The Kier molecular flexibility index (Phi) is 4.55. The van der Waals surface area contributed by atoms with E-state index in [2.05, 4.69) is 0 Å². The number of unbranched alkanes of at least 4 members (excludes halogenated alkanes) is 1. The number of rotatable bonds is 5. The Balaban J connectivity index is 2.74. The Hall–Kier alpha value is -1.29. The van der Waals surface area contributed by atoms with Crippen LogP contribution in [0.25, 0.3) is 0 Å². The molecule has 0 aromatic heterocycles. The van der Waals surface area contributed by atoms with Gasteiger partial charge in [-0.15, -0.1) is 0 Å². The third-order valence-electron chi connectivity index (χ3n) is 2.04. The van der Waals surface area contributed by atoms with Crippen LogP contribution in [0.1, 0.15) is 25.3 Å². The molecule has 0 atom stereocenters. The van der Waals surface area contributed by atoms with E-state index in [-0.39, 0.29) is 4.90 Å². The molecular formula is C12H16O3S. The second-order valence-corrected chi connectivity index (χ2v) is 5.10. The van der Waals surface area contributed by atoms with Crippen LogP contribution in [-0.4, -0.2) is 8.42 Å². The summed E-state index contributed by atoms with van der Waals surface area (Å²) in [7, 11) is -3.64. The molecule has 0 N–H and O–H groups in total. The summed E-state index contributed by atoms with van der Waals surface area (Å²) in [6.45, 7) is 3.91. The third-order valence-corrected chi connectivity index (χ3v) is 3.26. The Morgan fingerprint density at radius 2 is 1.88 bits per heavy atom. The van der Waals surface area contributed by atoms with Crippen LogP contribution in [0.2, 0.25) is 0 Å². The molecule has 88 valence electrons. The molecule has 0 aliphatic rings. The van der Waals surface area contributed by atoms with Crippen molar-refractivity contribution in [2.75, 3.05) is 0 Å². The van der Waals surface area contributed by atoms with Crippen LogP contribution in [-0.2, 0) is 14.3 Å². The molecule has 0 bridgehead atoms. The van der Waals surface area contributed by atoms with Gasteiger partial charge in [-0.05, 0) is 31.6 Å². The molecule has 16 heavy (non-hydrogen) atoms. The molecule has 4 heteroatoms. The fourth-order valence-electron chi connectivity index (χ4n) is 1.11. The first-order valence-corrected chi connectivity index (χ1v) is 6.62. The number of benzene rings is 1. The highest BCUT2D eigenvalue weighted by Gasteiger charge is 2.12. The Labute approximate surface area is 96.9 Å². The number of hydrogen-bond acceptors (Lipinski definition) is 3. The summed E-state index contributed by atoms with van der Waals surface area (Å²) in [5.41, 5.74) is 1.01. The van der Waals surface area contributed by atoms with Gasteiger partial charge in [0.25, 0.3) is 0 Å². The lowest BCUT2D eigenvalue weighted by molar-refractivity contribution is 0.442. The first-order chi connectivity index (χ1) is 7.56. The lowest BCUT2D eigenvalue weighted by Gasteiger charge is -2.02. The summed E-state index contributed by atoms with van der Waals surface area (Å²) in [6, 6.07) is 6.56. The van der Waals surface area contributed by atoms with E-state index >= 15 is 0 Å². The molecule has 0 fully saturated rings. The van der Waals surface area contributed by atoms with Crippen LogP contribution in [0.5, 0.6) is 0 Å². The Morgan fingerprint density at radius 1 is 1.25 bits per heavy atom. The maximum atomic E-state index is 11.6. The van der Waals surface area contributed by atoms with E-state index < -0.39 is 10.1 Å². The Bertz CT molecular complexity index is 444. The minimum Gasteiger partial charge on any atom is -0.387 e. The normalized spacial score (nSPS) is 11.9. The SMILES string of the molecule is CCC/C=C/OS(=O)(=O)c1ccc(C)cc1. The topological polar surface area (TPSA) is 43.4 Å². The largest absolute Gasteiger partial charge is 0.387 e. The van der Waals surface area contributed by atoms with Crippen molar-refractivity contribution in [1.82, 2.24) is 0 Å². The minimum absolute atomic E-state index is 0.180. The molecule has 0 aliphatic carbocycles. The molecule has 1 aromatic carbocycles. The van der Waals surface area contributed by atoms with Gasteiger partial charge >= 0.3 is 10.1 Å². The predicted molar refractivity (Wildman–Crippen MR) is 63.5 cm³/mol. The average Bonchev–Trinajstić information content (AvgIpc) is 2.25. The maximum Gasteiger partial charge on any atom is 0.338 e. The van der Waals surface area contributed by atoms with Gasteiger partial charge in [0.1, 0.15) is 11.2 Å². The van der Waals surface area contributed by atoms with Crippen LogP contribution in [0.3, 0.4) is 0 Å². The number of allylic oxidation sites excluding steroid dienone is 1. The van der Waals surface area contributed by atoms with Crippen molar-refractivity contribution in [3.63, 3.8) is 0 Å². The predicted octanol–water partition coefficient (Wildman–Crippen LogP) is 3.01. The summed E-state index contributed by atoms with van der Waals surface area (Å²) < 4.78 is 28.0.